The predicted molar refractivity (Wildman–Crippen MR) is 137 cm³/mol. The molecule has 1 N–H and O–H groups in total. The SMILES string of the molecule is CC1=CC23C(=O)[C@@H](C=C4COC(C)(C)O[C@H]4[C@]2(O)[C@H]1OC(=O)c1c(C)ccn1C)[C@@H]1[C@@H](CC3C)C1(C)C. The molecule has 8 atom stereocenters. The minimum absolute atomic E-state index is 0.0110. The van der Waals surface area contributed by atoms with Crippen LogP contribution in [0.4, 0.5) is 0 Å². The van der Waals surface area contributed by atoms with Crippen LogP contribution in [0.2, 0.25) is 0 Å². The van der Waals surface area contributed by atoms with Crippen LogP contribution in [0.15, 0.2) is 35.6 Å². The van der Waals surface area contributed by atoms with E-state index in [0.29, 0.717) is 17.2 Å². The fourth-order valence-corrected chi connectivity index (χ4v) is 8.42. The third-order valence-electron chi connectivity index (χ3n) is 10.4. The number of carbonyl (C=O) groups is 2. The van der Waals surface area contributed by atoms with Gasteiger partial charge in [-0.3, -0.25) is 4.79 Å². The van der Waals surface area contributed by atoms with Gasteiger partial charge < -0.3 is 23.9 Å². The van der Waals surface area contributed by atoms with E-state index in [0.717, 1.165) is 17.6 Å². The van der Waals surface area contributed by atoms with Crippen LogP contribution in [0.25, 0.3) is 0 Å². The van der Waals surface area contributed by atoms with Gasteiger partial charge in [0.1, 0.15) is 11.8 Å². The van der Waals surface area contributed by atoms with E-state index in [4.69, 9.17) is 14.2 Å². The first kappa shape index (κ1) is 25.1. The van der Waals surface area contributed by atoms with Gasteiger partial charge >= 0.3 is 5.97 Å². The lowest BCUT2D eigenvalue weighted by molar-refractivity contribution is -0.302. The molecule has 1 aromatic heterocycles. The van der Waals surface area contributed by atoms with Crippen molar-refractivity contribution in [3.63, 3.8) is 0 Å². The highest BCUT2D eigenvalue weighted by Crippen LogP contribution is 2.72. The molecule has 0 amide bonds. The number of hydrogen-bond donors (Lipinski definition) is 1. The van der Waals surface area contributed by atoms with E-state index < -0.39 is 35.0 Å². The lowest BCUT2D eigenvalue weighted by Gasteiger charge is -2.52. The number of hydrogen-bond acceptors (Lipinski definition) is 6. The molecule has 2 heterocycles. The van der Waals surface area contributed by atoms with Gasteiger partial charge in [-0.15, -0.1) is 0 Å². The molecule has 1 aliphatic heterocycles. The van der Waals surface area contributed by atoms with Crippen molar-refractivity contribution >= 4 is 11.8 Å². The number of aryl methyl sites for hydroxylation is 2. The number of carbonyl (C=O) groups excluding carboxylic acids is 2. The van der Waals surface area contributed by atoms with Crippen molar-refractivity contribution < 1.29 is 28.9 Å². The number of rotatable bonds is 2. The molecule has 37 heavy (non-hydrogen) atoms. The third kappa shape index (κ3) is 3.05. The maximum Gasteiger partial charge on any atom is 0.355 e. The number of ether oxygens (including phenoxy) is 3. The Morgan fingerprint density at radius 3 is 2.57 bits per heavy atom. The molecule has 7 nitrogen and oxygen atoms in total. The molecule has 1 saturated heterocycles. The van der Waals surface area contributed by atoms with Crippen LogP contribution < -0.4 is 0 Å². The molecule has 1 spiro atoms. The first-order valence-electron chi connectivity index (χ1n) is 13.5. The minimum atomic E-state index is -1.80. The third-order valence-corrected chi connectivity index (χ3v) is 10.4. The van der Waals surface area contributed by atoms with Crippen LogP contribution in [-0.4, -0.2) is 51.6 Å². The normalized spacial score (nSPS) is 42.9. The molecule has 200 valence electrons. The van der Waals surface area contributed by atoms with Crippen molar-refractivity contribution in [2.24, 2.45) is 41.5 Å². The van der Waals surface area contributed by atoms with E-state index >= 15 is 0 Å². The zero-order valence-corrected chi connectivity index (χ0v) is 23.1. The fraction of sp³-hybridized carbons (Fsp3) is 0.667. The van der Waals surface area contributed by atoms with Gasteiger partial charge in [-0.1, -0.05) is 32.9 Å². The van der Waals surface area contributed by atoms with E-state index in [9.17, 15) is 14.7 Å². The second kappa shape index (κ2) is 7.45. The molecule has 7 heteroatoms. The zero-order valence-electron chi connectivity index (χ0n) is 23.1. The Bertz CT molecular complexity index is 1250. The van der Waals surface area contributed by atoms with Crippen LogP contribution in [0.1, 0.15) is 64.0 Å². The number of aliphatic hydroxyl groups is 1. The maximum absolute atomic E-state index is 14.7. The smallest absolute Gasteiger partial charge is 0.355 e. The van der Waals surface area contributed by atoms with Crippen LogP contribution in [0.5, 0.6) is 0 Å². The van der Waals surface area contributed by atoms with Crippen molar-refractivity contribution in [1.82, 2.24) is 4.57 Å². The molecular weight excluding hydrogens is 470 g/mol. The van der Waals surface area contributed by atoms with Gasteiger partial charge in [0, 0.05) is 19.2 Å². The zero-order chi connectivity index (χ0) is 26.9. The maximum atomic E-state index is 14.7. The van der Waals surface area contributed by atoms with Crippen LogP contribution >= 0.6 is 0 Å². The second-order valence-corrected chi connectivity index (χ2v) is 13.2. The Kier molecular flexibility index (Phi) is 5.05. The lowest BCUT2D eigenvalue weighted by atomic mass is 9.59. The summed E-state index contributed by atoms with van der Waals surface area (Å²) in [6, 6.07) is 1.86. The Labute approximate surface area is 218 Å². The van der Waals surface area contributed by atoms with Crippen molar-refractivity contribution in [2.45, 2.75) is 78.5 Å². The van der Waals surface area contributed by atoms with Crippen LogP contribution in [-0.2, 0) is 26.1 Å². The Hall–Kier alpha value is -2.22. The molecule has 2 unspecified atom stereocenters. The van der Waals surface area contributed by atoms with Crippen molar-refractivity contribution in [3.05, 3.63) is 46.8 Å². The summed E-state index contributed by atoms with van der Waals surface area (Å²) < 4.78 is 20.4. The largest absolute Gasteiger partial charge is 0.450 e. The fourth-order valence-electron chi connectivity index (χ4n) is 8.42. The van der Waals surface area contributed by atoms with Gasteiger partial charge in [0.05, 0.1) is 12.0 Å². The number of esters is 1. The first-order chi connectivity index (χ1) is 17.2. The lowest BCUT2D eigenvalue weighted by Crippen LogP contribution is -2.68. The summed E-state index contributed by atoms with van der Waals surface area (Å²) in [5, 5.41) is 13.1. The van der Waals surface area contributed by atoms with Crippen LogP contribution in [0.3, 0.4) is 0 Å². The highest BCUT2D eigenvalue weighted by atomic mass is 16.7. The number of nitrogens with zero attached hydrogens (tertiary/aromatic N) is 1. The van der Waals surface area contributed by atoms with E-state index in [2.05, 4.69) is 20.8 Å². The van der Waals surface area contributed by atoms with Gasteiger partial charge in [-0.2, -0.15) is 0 Å². The summed E-state index contributed by atoms with van der Waals surface area (Å²) in [5.41, 5.74) is -0.326. The molecule has 5 aliphatic rings. The molecule has 0 aromatic carbocycles. The molecule has 2 saturated carbocycles. The average molecular weight is 510 g/mol. The standard InChI is InChI=1S/C30H39NO6/c1-15-9-10-31(8)22(15)26(33)36-24-16(2)13-29-17(3)11-20-21(27(20,4)5)19(23(29)32)12-18-14-35-28(6,7)37-25(18)30(24,29)34/h9-10,12-13,17,19-21,24-25,34H,11,14H2,1-8H3/t17?,19-,20+,21+,24-,25+,29?,30+/m0/s1. The van der Waals surface area contributed by atoms with Gasteiger partial charge in [0.25, 0.3) is 0 Å². The predicted octanol–water partition coefficient (Wildman–Crippen LogP) is 4.13. The topological polar surface area (TPSA) is 87.0 Å². The van der Waals surface area contributed by atoms with Crippen LogP contribution in [0, 0.1) is 41.4 Å². The van der Waals surface area contributed by atoms with Gasteiger partial charge in [0.15, 0.2) is 23.3 Å². The summed E-state index contributed by atoms with van der Waals surface area (Å²) in [7, 11) is 1.79. The quantitative estimate of drug-likeness (QED) is 0.477. The Morgan fingerprint density at radius 1 is 1.22 bits per heavy atom. The van der Waals surface area contributed by atoms with Gasteiger partial charge in [-0.25, -0.2) is 4.79 Å². The van der Waals surface area contributed by atoms with Gasteiger partial charge in [-0.05, 0) is 80.1 Å². The number of ketones is 1. The molecular formula is C30H39NO6. The summed E-state index contributed by atoms with van der Waals surface area (Å²) in [5.74, 6) is -1.41. The van der Waals surface area contributed by atoms with E-state index in [1.54, 1.807) is 11.6 Å². The molecule has 3 fully saturated rings. The summed E-state index contributed by atoms with van der Waals surface area (Å²) in [4.78, 5) is 28.3. The highest BCUT2D eigenvalue weighted by Gasteiger charge is 2.77. The van der Waals surface area contributed by atoms with Crippen molar-refractivity contribution in [2.75, 3.05) is 6.61 Å². The van der Waals surface area contributed by atoms with Gasteiger partial charge in [0.2, 0.25) is 0 Å². The Morgan fingerprint density at radius 2 is 1.92 bits per heavy atom. The summed E-state index contributed by atoms with van der Waals surface area (Å²) >= 11 is 0. The molecule has 6 rings (SSSR count). The van der Waals surface area contributed by atoms with E-state index in [1.807, 2.05) is 52.1 Å². The van der Waals surface area contributed by atoms with Crippen molar-refractivity contribution in [1.29, 1.82) is 0 Å². The summed E-state index contributed by atoms with van der Waals surface area (Å²) in [6.45, 7) is 14.2. The number of Topliss-reactive ketones (excluding diaryl/α,β-unsaturated/α-hetero) is 1. The van der Waals surface area contributed by atoms with E-state index in [1.165, 1.54) is 0 Å². The second-order valence-electron chi connectivity index (χ2n) is 13.2. The van der Waals surface area contributed by atoms with Crippen molar-refractivity contribution in [3.8, 4) is 0 Å². The minimum Gasteiger partial charge on any atom is -0.450 e. The van der Waals surface area contributed by atoms with E-state index in [-0.39, 0.29) is 35.6 Å². The monoisotopic (exact) mass is 509 g/mol. The first-order valence-corrected chi connectivity index (χ1v) is 13.5. The number of aromatic nitrogens is 1. The highest BCUT2D eigenvalue weighted by molar-refractivity contribution is 5.96. The molecule has 4 aliphatic carbocycles. The molecule has 1 aromatic rings. The average Bonchev–Trinajstić information content (AvgIpc) is 3.09. The number of allylic oxidation sites excluding steroid dienone is 1. The number of fused-ring (bicyclic) bond motifs is 5. The Balaban J connectivity index is 1.53. The summed E-state index contributed by atoms with van der Waals surface area (Å²) in [6.07, 6.45) is 4.68. The molecule has 0 radical (unpaired) electrons. The molecule has 2 bridgehead atoms.